The smallest absolute Gasteiger partial charge is 0.0468 e. The average molecular weight is 880 g/mol. The van der Waals surface area contributed by atoms with E-state index in [1.165, 1.54) is 121 Å². The molecule has 14 rings (SSSR count). The summed E-state index contributed by atoms with van der Waals surface area (Å²) in [7, 11) is 0. The van der Waals surface area contributed by atoms with E-state index < -0.39 is 0 Å². The molecule has 2 aliphatic rings. The van der Waals surface area contributed by atoms with Gasteiger partial charge in [0.2, 0.25) is 0 Å². The van der Waals surface area contributed by atoms with Crippen molar-refractivity contribution in [3.05, 3.63) is 247 Å². The molecule has 1 heteroatoms. The zero-order valence-electron chi connectivity index (χ0n) is 39.3. The van der Waals surface area contributed by atoms with Gasteiger partial charge in [-0.2, -0.15) is 0 Å². The summed E-state index contributed by atoms with van der Waals surface area (Å²) in [5, 5.41) is 12.8. The van der Waals surface area contributed by atoms with E-state index in [0.717, 1.165) is 17.1 Å². The molecule has 0 spiro atoms. The molecule has 2 aliphatic carbocycles. The summed E-state index contributed by atoms with van der Waals surface area (Å²) in [5.41, 5.74) is 18.8. The molecule has 0 unspecified atom stereocenters. The first-order valence-electron chi connectivity index (χ1n) is 24.4. The third-order valence-electron chi connectivity index (χ3n) is 16.0. The summed E-state index contributed by atoms with van der Waals surface area (Å²) < 4.78 is 0. The van der Waals surface area contributed by atoms with Gasteiger partial charge in [-0.15, -0.1) is 0 Å². The van der Waals surface area contributed by atoms with E-state index in [9.17, 15) is 0 Å². The zero-order valence-corrected chi connectivity index (χ0v) is 39.3. The normalized spacial score (nSPS) is 14.0. The quantitative estimate of drug-likeness (QED) is 0.156. The lowest BCUT2D eigenvalue weighted by Gasteiger charge is -2.30. The lowest BCUT2D eigenvalue weighted by molar-refractivity contribution is 0.660. The molecule has 69 heavy (non-hydrogen) atoms. The predicted molar refractivity (Wildman–Crippen MR) is 295 cm³/mol. The highest BCUT2D eigenvalue weighted by atomic mass is 15.1. The van der Waals surface area contributed by atoms with Gasteiger partial charge in [0.05, 0.1) is 0 Å². The van der Waals surface area contributed by atoms with Gasteiger partial charge in [0.25, 0.3) is 0 Å². The van der Waals surface area contributed by atoms with Crippen molar-refractivity contribution in [2.45, 2.75) is 38.5 Å². The van der Waals surface area contributed by atoms with Crippen LogP contribution in [0.3, 0.4) is 0 Å². The van der Waals surface area contributed by atoms with Gasteiger partial charge in [-0.3, -0.25) is 0 Å². The molecule has 0 fully saturated rings. The minimum absolute atomic E-state index is 0.228. The van der Waals surface area contributed by atoms with Crippen LogP contribution >= 0.6 is 0 Å². The van der Waals surface area contributed by atoms with Crippen LogP contribution < -0.4 is 4.90 Å². The molecular weight excluding hydrogens is 831 g/mol. The summed E-state index contributed by atoms with van der Waals surface area (Å²) >= 11 is 0. The monoisotopic (exact) mass is 879 g/mol. The van der Waals surface area contributed by atoms with Crippen LogP contribution in [0, 0.1) is 0 Å². The van der Waals surface area contributed by atoms with Crippen LogP contribution in [0.15, 0.2) is 224 Å². The van der Waals surface area contributed by atoms with Crippen molar-refractivity contribution >= 4 is 70.9 Å². The molecule has 0 saturated heterocycles. The van der Waals surface area contributed by atoms with E-state index in [1.54, 1.807) is 0 Å². The Bertz CT molecular complexity index is 3920. The Morgan fingerprint density at radius 2 is 0.594 bits per heavy atom. The molecule has 0 atom stereocenters. The maximum atomic E-state index is 2.49. The zero-order chi connectivity index (χ0) is 46.2. The van der Waals surface area contributed by atoms with Crippen LogP contribution in [0.4, 0.5) is 17.1 Å². The second kappa shape index (κ2) is 14.6. The van der Waals surface area contributed by atoms with Crippen molar-refractivity contribution in [1.82, 2.24) is 0 Å². The van der Waals surface area contributed by atoms with E-state index >= 15 is 0 Å². The Morgan fingerprint density at radius 1 is 0.246 bits per heavy atom. The molecular formula is C68H49N. The highest BCUT2D eigenvalue weighted by Crippen LogP contribution is 2.55. The van der Waals surface area contributed by atoms with Gasteiger partial charge in [-0.05, 0) is 181 Å². The van der Waals surface area contributed by atoms with E-state index in [-0.39, 0.29) is 10.8 Å². The SMILES string of the molecule is CC1(C)c2cc(-c3cc4ccccc4c4ccccc34)ccc2-c2ccc(N(c3ccc4c(c3)C(C)(C)c3cc(-c5cc6ccccc6c6ccccc56)ccc3-4)c3ccc4ccccc4c3)cc21. The van der Waals surface area contributed by atoms with Crippen LogP contribution in [-0.2, 0) is 10.8 Å². The van der Waals surface area contributed by atoms with Crippen molar-refractivity contribution in [1.29, 1.82) is 0 Å². The number of benzene rings is 12. The van der Waals surface area contributed by atoms with Crippen molar-refractivity contribution in [3.8, 4) is 44.5 Å². The highest BCUT2D eigenvalue weighted by Gasteiger charge is 2.38. The Morgan fingerprint density at radius 3 is 1.07 bits per heavy atom. The van der Waals surface area contributed by atoms with Crippen LogP contribution in [0.25, 0.3) is 98.4 Å². The van der Waals surface area contributed by atoms with E-state index in [0.29, 0.717) is 0 Å². The van der Waals surface area contributed by atoms with Crippen molar-refractivity contribution in [3.63, 3.8) is 0 Å². The summed E-state index contributed by atoms with van der Waals surface area (Å²) in [6, 6.07) is 84.5. The molecule has 12 aromatic carbocycles. The summed E-state index contributed by atoms with van der Waals surface area (Å²) in [4.78, 5) is 2.49. The van der Waals surface area contributed by atoms with Gasteiger partial charge < -0.3 is 4.90 Å². The third kappa shape index (κ3) is 5.90. The van der Waals surface area contributed by atoms with Gasteiger partial charge in [0.1, 0.15) is 0 Å². The third-order valence-corrected chi connectivity index (χ3v) is 16.0. The van der Waals surface area contributed by atoms with E-state index in [4.69, 9.17) is 0 Å². The minimum atomic E-state index is -0.228. The van der Waals surface area contributed by atoms with Gasteiger partial charge in [0, 0.05) is 27.9 Å². The molecule has 0 bridgehead atoms. The lowest BCUT2D eigenvalue weighted by Crippen LogP contribution is -2.18. The number of nitrogens with zero attached hydrogens (tertiary/aromatic N) is 1. The first-order chi connectivity index (χ1) is 33.7. The minimum Gasteiger partial charge on any atom is -0.310 e. The highest BCUT2D eigenvalue weighted by molar-refractivity contribution is 6.15. The Labute approximate surface area is 403 Å². The number of hydrogen-bond donors (Lipinski definition) is 0. The first-order valence-corrected chi connectivity index (χ1v) is 24.4. The molecule has 0 aliphatic heterocycles. The Balaban J connectivity index is 0.884. The van der Waals surface area contributed by atoms with E-state index in [1.807, 2.05) is 0 Å². The van der Waals surface area contributed by atoms with Crippen LogP contribution in [0.5, 0.6) is 0 Å². The summed E-state index contributed by atoms with van der Waals surface area (Å²) in [6.45, 7) is 9.64. The maximum absolute atomic E-state index is 2.49. The van der Waals surface area contributed by atoms with Crippen molar-refractivity contribution < 1.29 is 0 Å². The van der Waals surface area contributed by atoms with Gasteiger partial charge in [-0.25, -0.2) is 0 Å². The molecule has 0 amide bonds. The lowest BCUT2D eigenvalue weighted by atomic mass is 9.80. The molecule has 0 heterocycles. The number of anilines is 3. The Kier molecular flexibility index (Phi) is 8.45. The van der Waals surface area contributed by atoms with Crippen molar-refractivity contribution in [2.75, 3.05) is 4.90 Å². The molecule has 0 N–H and O–H groups in total. The molecule has 1 nitrogen and oxygen atoms in total. The van der Waals surface area contributed by atoms with Gasteiger partial charge in [0.15, 0.2) is 0 Å². The standard InChI is InChI=1S/C68H49N/c1-67(2)63-38-46(61-36-44-17-7-9-19-51(44)53-21-11-13-23-55(53)61)26-31-57(63)59-33-29-49(40-65(59)67)69(48-28-25-42-15-5-6-16-43(42)35-48)50-30-34-60-58-32-27-47(39-64(58)68(3,4)66(60)41-50)62-37-45-18-8-10-20-52(45)54-22-12-14-24-56(54)62/h5-41H,1-4H3. The molecule has 0 radical (unpaired) electrons. The first kappa shape index (κ1) is 39.9. The summed E-state index contributed by atoms with van der Waals surface area (Å²) in [5.74, 6) is 0. The van der Waals surface area contributed by atoms with Crippen LogP contribution in [0.2, 0.25) is 0 Å². The predicted octanol–water partition coefficient (Wildman–Crippen LogP) is 18.9. The second-order valence-electron chi connectivity index (χ2n) is 20.5. The number of hydrogen-bond acceptors (Lipinski definition) is 1. The number of fused-ring (bicyclic) bond motifs is 13. The fourth-order valence-corrected chi connectivity index (χ4v) is 12.4. The van der Waals surface area contributed by atoms with Gasteiger partial charge in [-0.1, -0.05) is 191 Å². The number of rotatable bonds is 5. The topological polar surface area (TPSA) is 3.24 Å². The van der Waals surface area contributed by atoms with Crippen LogP contribution in [0.1, 0.15) is 49.9 Å². The molecule has 0 aromatic heterocycles. The average Bonchev–Trinajstić information content (AvgIpc) is 3.76. The fourth-order valence-electron chi connectivity index (χ4n) is 12.4. The summed E-state index contributed by atoms with van der Waals surface area (Å²) in [6.07, 6.45) is 0. The Hall–Kier alpha value is -8.26. The maximum Gasteiger partial charge on any atom is 0.0468 e. The molecule has 326 valence electrons. The molecule has 12 aromatic rings. The largest absolute Gasteiger partial charge is 0.310 e. The van der Waals surface area contributed by atoms with E-state index in [2.05, 4.69) is 257 Å². The van der Waals surface area contributed by atoms with Crippen molar-refractivity contribution in [2.24, 2.45) is 0 Å². The van der Waals surface area contributed by atoms with Crippen LogP contribution in [-0.4, -0.2) is 0 Å². The second-order valence-corrected chi connectivity index (χ2v) is 20.5. The molecule has 0 saturated carbocycles. The fraction of sp³-hybridized carbons (Fsp3) is 0.0882. The van der Waals surface area contributed by atoms with Gasteiger partial charge >= 0.3 is 0 Å².